The first-order valence-corrected chi connectivity index (χ1v) is 12.2. The summed E-state index contributed by atoms with van der Waals surface area (Å²) < 4.78 is 0. The van der Waals surface area contributed by atoms with Gasteiger partial charge in [0.25, 0.3) is 0 Å². The quantitative estimate of drug-likeness (QED) is 0.731. The zero-order chi connectivity index (χ0) is 22.7. The molecule has 1 aromatic heterocycles. The predicted octanol–water partition coefficient (Wildman–Crippen LogP) is 1.91. The molecule has 6 rings (SSSR count). The summed E-state index contributed by atoms with van der Waals surface area (Å²) in [6, 6.07) is 4.26. The van der Waals surface area contributed by atoms with Gasteiger partial charge in [0.05, 0.1) is 5.41 Å². The van der Waals surface area contributed by atoms with Crippen LogP contribution in [0.2, 0.25) is 0 Å². The molecule has 0 aromatic carbocycles. The van der Waals surface area contributed by atoms with Gasteiger partial charge in [0.2, 0.25) is 11.8 Å². The van der Waals surface area contributed by atoms with Gasteiger partial charge in [-0.3, -0.25) is 9.59 Å². The van der Waals surface area contributed by atoms with Gasteiger partial charge in [-0.15, -0.1) is 0 Å². The largest absolute Gasteiger partial charge is 0.369 e. The average molecular weight is 440 g/mol. The first-order valence-electron chi connectivity index (χ1n) is 12.2. The fourth-order valence-corrected chi connectivity index (χ4v) is 7.00. The van der Waals surface area contributed by atoms with Crippen molar-refractivity contribution in [3.8, 4) is 0 Å². The van der Waals surface area contributed by atoms with Crippen LogP contribution in [0.4, 0.5) is 5.82 Å². The van der Waals surface area contributed by atoms with E-state index in [1.165, 1.54) is 0 Å². The topological polar surface area (TPSA) is 91.6 Å². The lowest BCUT2D eigenvalue weighted by Crippen LogP contribution is -2.63. The fraction of sp³-hybridized carbons (Fsp3) is 0.720. The van der Waals surface area contributed by atoms with Crippen LogP contribution in [-0.4, -0.2) is 61.0 Å². The molecule has 0 radical (unpaired) electrons. The normalized spacial score (nSPS) is 34.5. The lowest BCUT2D eigenvalue weighted by Gasteiger charge is -2.59. The summed E-state index contributed by atoms with van der Waals surface area (Å²) in [5.74, 6) is 2.23. The van der Waals surface area contributed by atoms with Crippen molar-refractivity contribution in [3.05, 3.63) is 23.9 Å². The number of anilines is 1. The SMILES string of the molecule is CN1CCN(c2ccc(C(C)(C)C(=O)NC3C4CC5CC3CC(C(N)=O)(C5)C4)cn2)CC1. The molecule has 7 nitrogen and oxygen atoms in total. The maximum atomic E-state index is 13.4. The van der Waals surface area contributed by atoms with Crippen molar-refractivity contribution in [2.45, 2.75) is 57.4 Å². The Morgan fingerprint density at radius 1 is 1.09 bits per heavy atom. The molecule has 0 spiro atoms. The van der Waals surface area contributed by atoms with Crippen LogP contribution in [0.15, 0.2) is 18.3 Å². The Hall–Kier alpha value is -2.15. The molecule has 4 bridgehead atoms. The number of pyridine rings is 1. The molecule has 5 aliphatic rings. The molecule has 174 valence electrons. The molecule has 32 heavy (non-hydrogen) atoms. The average Bonchev–Trinajstić information content (AvgIpc) is 2.76. The van der Waals surface area contributed by atoms with Gasteiger partial charge >= 0.3 is 0 Å². The zero-order valence-electron chi connectivity index (χ0n) is 19.6. The second-order valence-corrected chi connectivity index (χ2v) is 11.4. The van der Waals surface area contributed by atoms with Crippen LogP contribution in [0, 0.1) is 23.2 Å². The van der Waals surface area contributed by atoms with Crippen molar-refractivity contribution in [1.29, 1.82) is 0 Å². The Bertz CT molecular complexity index is 874. The molecule has 1 aliphatic heterocycles. The van der Waals surface area contributed by atoms with Gasteiger partial charge in [0, 0.05) is 43.8 Å². The molecule has 2 unspecified atom stereocenters. The van der Waals surface area contributed by atoms with E-state index in [9.17, 15) is 9.59 Å². The molecule has 4 saturated carbocycles. The number of nitrogens with two attached hydrogens (primary N) is 1. The minimum absolute atomic E-state index is 0.0530. The van der Waals surface area contributed by atoms with Gasteiger partial charge in [-0.1, -0.05) is 6.07 Å². The Kier molecular flexibility index (Phi) is 5.23. The van der Waals surface area contributed by atoms with Gasteiger partial charge < -0.3 is 20.9 Å². The number of hydrogen-bond donors (Lipinski definition) is 2. The number of nitrogens with zero attached hydrogens (tertiary/aromatic N) is 3. The number of carbonyl (C=O) groups is 2. The number of likely N-dealkylation sites (N-methyl/N-ethyl adjacent to an activating group) is 1. The van der Waals surface area contributed by atoms with Crippen LogP contribution in [0.5, 0.6) is 0 Å². The van der Waals surface area contributed by atoms with Crippen LogP contribution in [0.25, 0.3) is 0 Å². The van der Waals surface area contributed by atoms with E-state index in [-0.39, 0.29) is 23.3 Å². The van der Waals surface area contributed by atoms with E-state index >= 15 is 0 Å². The number of amides is 2. The minimum Gasteiger partial charge on any atom is -0.369 e. The number of carbonyl (C=O) groups excluding carboxylic acids is 2. The summed E-state index contributed by atoms with van der Waals surface area (Å²) in [6.07, 6.45) is 6.71. The van der Waals surface area contributed by atoms with E-state index < -0.39 is 5.41 Å². The van der Waals surface area contributed by atoms with Crippen molar-refractivity contribution in [2.75, 3.05) is 38.1 Å². The van der Waals surface area contributed by atoms with Crippen molar-refractivity contribution < 1.29 is 9.59 Å². The van der Waals surface area contributed by atoms with Crippen molar-refractivity contribution >= 4 is 17.6 Å². The highest BCUT2D eigenvalue weighted by Gasteiger charge is 2.58. The molecular formula is C25H37N5O2. The number of piperazine rings is 1. The Morgan fingerprint density at radius 3 is 2.31 bits per heavy atom. The van der Waals surface area contributed by atoms with Crippen LogP contribution < -0.4 is 16.0 Å². The Balaban J connectivity index is 1.27. The third-order valence-corrected chi connectivity index (χ3v) is 8.96. The summed E-state index contributed by atoms with van der Waals surface area (Å²) in [6.45, 7) is 8.00. The van der Waals surface area contributed by atoms with Crippen LogP contribution in [0.3, 0.4) is 0 Å². The summed E-state index contributed by atoms with van der Waals surface area (Å²) >= 11 is 0. The van der Waals surface area contributed by atoms with E-state index in [0.717, 1.165) is 69.7 Å². The molecule has 4 aliphatic carbocycles. The first kappa shape index (κ1) is 21.7. The summed E-state index contributed by atoms with van der Waals surface area (Å²) in [5, 5.41) is 3.40. The number of aromatic nitrogens is 1. The highest BCUT2D eigenvalue weighted by molar-refractivity contribution is 5.88. The smallest absolute Gasteiger partial charge is 0.230 e. The third kappa shape index (κ3) is 3.58. The second-order valence-electron chi connectivity index (χ2n) is 11.4. The molecule has 1 saturated heterocycles. The van der Waals surface area contributed by atoms with Gasteiger partial charge in [-0.2, -0.15) is 0 Å². The molecule has 3 N–H and O–H groups in total. The number of primary amides is 1. The third-order valence-electron chi connectivity index (χ3n) is 8.96. The van der Waals surface area contributed by atoms with Gasteiger partial charge in [0.15, 0.2) is 0 Å². The maximum absolute atomic E-state index is 13.4. The lowest BCUT2D eigenvalue weighted by atomic mass is 9.47. The Labute approximate surface area is 191 Å². The summed E-state index contributed by atoms with van der Waals surface area (Å²) in [7, 11) is 2.15. The van der Waals surface area contributed by atoms with E-state index in [4.69, 9.17) is 10.7 Å². The molecule has 2 atom stereocenters. The lowest BCUT2D eigenvalue weighted by molar-refractivity contribution is -0.148. The molecule has 2 heterocycles. The second kappa shape index (κ2) is 7.72. The van der Waals surface area contributed by atoms with E-state index in [0.29, 0.717) is 17.8 Å². The van der Waals surface area contributed by atoms with Crippen LogP contribution in [-0.2, 0) is 15.0 Å². The number of rotatable bonds is 5. The van der Waals surface area contributed by atoms with Gasteiger partial charge in [-0.05, 0) is 82.4 Å². The number of nitrogens with one attached hydrogen (secondary N) is 1. The number of hydrogen-bond acceptors (Lipinski definition) is 5. The van der Waals surface area contributed by atoms with Crippen LogP contribution in [0.1, 0.15) is 51.5 Å². The minimum atomic E-state index is -0.663. The highest BCUT2D eigenvalue weighted by Crippen LogP contribution is 2.60. The maximum Gasteiger partial charge on any atom is 0.230 e. The van der Waals surface area contributed by atoms with Crippen LogP contribution >= 0.6 is 0 Å². The summed E-state index contributed by atoms with van der Waals surface area (Å²) in [5.41, 5.74) is 5.77. The van der Waals surface area contributed by atoms with E-state index in [1.54, 1.807) is 0 Å². The zero-order valence-corrected chi connectivity index (χ0v) is 19.6. The molecule has 7 heteroatoms. The Morgan fingerprint density at radius 2 is 1.75 bits per heavy atom. The predicted molar refractivity (Wildman–Crippen MR) is 124 cm³/mol. The van der Waals surface area contributed by atoms with Gasteiger partial charge in [-0.25, -0.2) is 4.98 Å². The van der Waals surface area contributed by atoms with Crippen molar-refractivity contribution in [2.24, 2.45) is 28.9 Å². The van der Waals surface area contributed by atoms with Crippen molar-refractivity contribution in [1.82, 2.24) is 15.2 Å². The monoisotopic (exact) mass is 439 g/mol. The van der Waals surface area contributed by atoms with E-state index in [2.05, 4.69) is 34.3 Å². The molecule has 5 fully saturated rings. The van der Waals surface area contributed by atoms with Crippen molar-refractivity contribution in [3.63, 3.8) is 0 Å². The van der Waals surface area contributed by atoms with Gasteiger partial charge in [0.1, 0.15) is 5.82 Å². The first-order chi connectivity index (χ1) is 15.2. The fourth-order valence-electron chi connectivity index (χ4n) is 7.00. The highest BCUT2D eigenvalue weighted by atomic mass is 16.2. The van der Waals surface area contributed by atoms with E-state index in [1.807, 2.05) is 20.0 Å². The molecule has 2 amide bonds. The standard InChI is InChI=1S/C25H37N5O2/c1-24(2,19-4-5-20(27-15-19)30-8-6-29(3)7-9-30)23(32)28-21-17-10-16-11-18(21)14-25(12-16,13-17)22(26)31/h4-5,15-18,21H,6-14H2,1-3H3,(H2,26,31)(H,28,32). The molecule has 1 aromatic rings. The molecular weight excluding hydrogens is 402 g/mol. The summed E-state index contributed by atoms with van der Waals surface area (Å²) in [4.78, 5) is 35.0.